The molecule has 0 radical (unpaired) electrons. The van der Waals surface area contributed by atoms with Gasteiger partial charge in [-0.2, -0.15) is 5.10 Å². The van der Waals surface area contributed by atoms with Gasteiger partial charge in [-0.05, 0) is 36.4 Å². The van der Waals surface area contributed by atoms with Crippen molar-refractivity contribution in [2.24, 2.45) is 5.10 Å². The summed E-state index contributed by atoms with van der Waals surface area (Å²) in [5, 5.41) is 18.1. The minimum atomic E-state index is -0.284. The van der Waals surface area contributed by atoms with E-state index in [2.05, 4.69) is 20.8 Å². The maximum absolute atomic E-state index is 12.3. The number of hydrogen-bond donors (Lipinski definition) is 4. The van der Waals surface area contributed by atoms with E-state index in [0.717, 1.165) is 27.7 Å². The number of aromatic hydroxyl groups is 1. The summed E-state index contributed by atoms with van der Waals surface area (Å²) in [7, 11) is 0. The number of phenolic OH excluding ortho intramolecular Hbond substituents is 1. The van der Waals surface area contributed by atoms with Crippen LogP contribution in [0.3, 0.4) is 0 Å². The number of fused-ring (bicyclic) bond motifs is 1. The molecule has 4 aromatic rings. The van der Waals surface area contributed by atoms with Crippen LogP contribution >= 0.6 is 0 Å². The Balaban J connectivity index is 1.35. The van der Waals surface area contributed by atoms with Gasteiger partial charge < -0.3 is 15.4 Å². The van der Waals surface area contributed by atoms with Crippen molar-refractivity contribution in [1.29, 1.82) is 0 Å². The van der Waals surface area contributed by atoms with Crippen molar-refractivity contribution in [1.82, 2.24) is 10.4 Å². The van der Waals surface area contributed by atoms with E-state index in [1.807, 2.05) is 54.7 Å². The van der Waals surface area contributed by atoms with Gasteiger partial charge in [-0.1, -0.05) is 36.4 Å². The summed E-state index contributed by atoms with van der Waals surface area (Å²) in [6.07, 6.45) is 3.48. The van der Waals surface area contributed by atoms with Crippen LogP contribution in [0, 0.1) is 0 Å². The smallest absolute Gasteiger partial charge is 0.271 e. The second kappa shape index (κ2) is 8.31. The fourth-order valence-corrected chi connectivity index (χ4v) is 3.02. The first-order valence-corrected chi connectivity index (χ1v) is 9.21. The van der Waals surface area contributed by atoms with Gasteiger partial charge in [0.25, 0.3) is 5.91 Å². The number of carbonyl (C=O) groups excluding carboxylic acids is 1. The third-order valence-corrected chi connectivity index (χ3v) is 4.61. The largest absolute Gasteiger partial charge is 0.508 e. The average molecular weight is 384 g/mol. The first-order chi connectivity index (χ1) is 14.2. The topological polar surface area (TPSA) is 89.5 Å². The molecule has 0 spiro atoms. The fourth-order valence-electron chi connectivity index (χ4n) is 3.02. The van der Waals surface area contributed by atoms with Gasteiger partial charge in [0.15, 0.2) is 0 Å². The fraction of sp³-hybridized carbons (Fsp3) is 0.0435. The standard InChI is InChI=1S/C23H20N4O2/c28-22-8-4-1-5-17(22)13-24-19-11-9-16(10-12-19)23(29)27-26-15-18-14-25-21-7-3-2-6-20(18)21/h1-12,14-15,24-25,28H,13H2,(H,27,29)/b26-15+. The van der Waals surface area contributed by atoms with Crippen LogP contribution in [-0.2, 0) is 6.54 Å². The summed E-state index contributed by atoms with van der Waals surface area (Å²) in [5.41, 5.74) is 6.65. The van der Waals surface area contributed by atoms with Crippen LogP contribution in [0.4, 0.5) is 5.69 Å². The van der Waals surface area contributed by atoms with E-state index >= 15 is 0 Å². The van der Waals surface area contributed by atoms with E-state index in [1.54, 1.807) is 30.5 Å². The third kappa shape index (κ3) is 4.27. The van der Waals surface area contributed by atoms with Gasteiger partial charge in [-0.3, -0.25) is 4.79 Å². The normalized spacial score (nSPS) is 11.0. The van der Waals surface area contributed by atoms with E-state index in [1.165, 1.54) is 0 Å². The number of amides is 1. The Morgan fingerprint density at radius 2 is 1.76 bits per heavy atom. The molecule has 0 atom stereocenters. The quantitative estimate of drug-likeness (QED) is 0.296. The van der Waals surface area contributed by atoms with Gasteiger partial charge in [0, 0.05) is 46.0 Å². The number of para-hydroxylation sites is 2. The van der Waals surface area contributed by atoms with E-state index < -0.39 is 0 Å². The number of nitrogens with zero attached hydrogens (tertiary/aromatic N) is 1. The molecule has 0 bridgehead atoms. The molecule has 4 rings (SSSR count). The molecule has 0 unspecified atom stereocenters. The lowest BCUT2D eigenvalue weighted by atomic mass is 10.1. The molecule has 0 saturated heterocycles. The number of carbonyl (C=O) groups is 1. The molecular formula is C23H20N4O2. The van der Waals surface area contributed by atoms with Crippen LogP contribution in [0.1, 0.15) is 21.5 Å². The number of aromatic amines is 1. The zero-order valence-corrected chi connectivity index (χ0v) is 15.6. The van der Waals surface area contributed by atoms with Crippen molar-refractivity contribution in [3.63, 3.8) is 0 Å². The molecule has 0 aliphatic rings. The summed E-state index contributed by atoms with van der Waals surface area (Å²) in [4.78, 5) is 15.5. The van der Waals surface area contributed by atoms with E-state index in [-0.39, 0.29) is 11.7 Å². The molecule has 0 saturated carbocycles. The first kappa shape index (κ1) is 18.3. The van der Waals surface area contributed by atoms with E-state index in [0.29, 0.717) is 12.1 Å². The number of aromatic nitrogens is 1. The Morgan fingerprint density at radius 1 is 1.00 bits per heavy atom. The Hall–Kier alpha value is -4.06. The number of benzene rings is 3. The molecule has 0 aliphatic carbocycles. The van der Waals surface area contributed by atoms with Crippen LogP contribution in [0.15, 0.2) is 84.1 Å². The molecule has 4 N–H and O–H groups in total. The number of phenols is 1. The lowest BCUT2D eigenvalue weighted by Crippen LogP contribution is -2.17. The van der Waals surface area contributed by atoms with Crippen LogP contribution in [-0.4, -0.2) is 22.2 Å². The maximum Gasteiger partial charge on any atom is 0.271 e. The summed E-state index contributed by atoms with van der Waals surface area (Å²) < 4.78 is 0. The van der Waals surface area contributed by atoms with E-state index in [4.69, 9.17) is 0 Å². The summed E-state index contributed by atoms with van der Waals surface area (Å²) >= 11 is 0. The predicted molar refractivity (Wildman–Crippen MR) is 115 cm³/mol. The highest BCUT2D eigenvalue weighted by molar-refractivity contribution is 6.00. The van der Waals surface area contributed by atoms with Crippen LogP contribution in [0.2, 0.25) is 0 Å². The van der Waals surface area contributed by atoms with Gasteiger partial charge in [-0.25, -0.2) is 5.43 Å². The van der Waals surface area contributed by atoms with Gasteiger partial charge in [0.2, 0.25) is 0 Å². The SMILES string of the molecule is O=C(N/N=C/c1c[nH]c2ccccc12)c1ccc(NCc2ccccc2O)cc1. The molecular weight excluding hydrogens is 364 g/mol. The Morgan fingerprint density at radius 3 is 2.59 bits per heavy atom. The molecule has 3 aromatic carbocycles. The minimum Gasteiger partial charge on any atom is -0.508 e. The zero-order chi connectivity index (χ0) is 20.1. The maximum atomic E-state index is 12.3. The number of anilines is 1. The Bertz CT molecular complexity index is 1160. The van der Waals surface area contributed by atoms with Crippen LogP contribution in [0.5, 0.6) is 5.75 Å². The zero-order valence-electron chi connectivity index (χ0n) is 15.6. The van der Waals surface area contributed by atoms with Crippen molar-refractivity contribution in [3.05, 3.63) is 95.7 Å². The predicted octanol–water partition coefficient (Wildman–Crippen LogP) is 4.25. The Kier molecular flexibility index (Phi) is 5.25. The molecule has 1 amide bonds. The summed E-state index contributed by atoms with van der Waals surface area (Å²) in [6, 6.07) is 22.2. The van der Waals surface area contributed by atoms with Gasteiger partial charge in [0.1, 0.15) is 5.75 Å². The van der Waals surface area contributed by atoms with Crippen molar-refractivity contribution >= 4 is 28.7 Å². The second-order valence-electron chi connectivity index (χ2n) is 6.55. The number of rotatable bonds is 6. The second-order valence-corrected chi connectivity index (χ2v) is 6.55. The molecule has 0 fully saturated rings. The lowest BCUT2D eigenvalue weighted by molar-refractivity contribution is 0.0955. The van der Waals surface area contributed by atoms with Crippen molar-refractivity contribution in [2.45, 2.75) is 6.54 Å². The summed E-state index contributed by atoms with van der Waals surface area (Å²) in [6.45, 7) is 0.493. The van der Waals surface area contributed by atoms with Gasteiger partial charge in [-0.15, -0.1) is 0 Å². The number of hydrogen-bond acceptors (Lipinski definition) is 4. The molecule has 1 aromatic heterocycles. The van der Waals surface area contributed by atoms with Crippen molar-refractivity contribution in [2.75, 3.05) is 5.32 Å². The monoisotopic (exact) mass is 384 g/mol. The Labute approximate surface area is 167 Å². The molecule has 1 heterocycles. The number of hydrazone groups is 1. The summed E-state index contributed by atoms with van der Waals surface area (Å²) in [5.74, 6) is -0.0302. The lowest BCUT2D eigenvalue weighted by Gasteiger charge is -2.08. The van der Waals surface area contributed by atoms with Crippen LogP contribution < -0.4 is 10.7 Å². The molecule has 29 heavy (non-hydrogen) atoms. The van der Waals surface area contributed by atoms with E-state index in [9.17, 15) is 9.90 Å². The highest BCUT2D eigenvalue weighted by Gasteiger charge is 2.05. The molecule has 0 aliphatic heterocycles. The van der Waals surface area contributed by atoms with Crippen molar-refractivity contribution < 1.29 is 9.90 Å². The van der Waals surface area contributed by atoms with Gasteiger partial charge in [0.05, 0.1) is 6.21 Å². The molecule has 144 valence electrons. The minimum absolute atomic E-state index is 0.254. The highest BCUT2D eigenvalue weighted by Crippen LogP contribution is 2.18. The molecule has 6 heteroatoms. The average Bonchev–Trinajstić information content (AvgIpc) is 3.17. The first-order valence-electron chi connectivity index (χ1n) is 9.21. The number of nitrogens with one attached hydrogen (secondary N) is 3. The highest BCUT2D eigenvalue weighted by atomic mass is 16.3. The number of H-pyrrole nitrogens is 1. The third-order valence-electron chi connectivity index (χ3n) is 4.61. The van der Waals surface area contributed by atoms with Crippen molar-refractivity contribution in [3.8, 4) is 5.75 Å². The molecule has 6 nitrogen and oxygen atoms in total. The van der Waals surface area contributed by atoms with Gasteiger partial charge >= 0.3 is 0 Å². The van der Waals surface area contributed by atoms with Crippen LogP contribution in [0.25, 0.3) is 10.9 Å².